The second kappa shape index (κ2) is 8.78. The minimum atomic E-state index is -0.155. The van der Waals surface area contributed by atoms with Crippen molar-refractivity contribution in [2.75, 3.05) is 0 Å². The van der Waals surface area contributed by atoms with Crippen LogP contribution in [0, 0.1) is 0 Å². The van der Waals surface area contributed by atoms with Crippen molar-refractivity contribution < 1.29 is 26.7 Å². The Morgan fingerprint density at radius 3 is 1.48 bits per heavy atom. The second-order valence-electron chi connectivity index (χ2n) is 8.30. The summed E-state index contributed by atoms with van der Waals surface area (Å²) in [4.78, 5) is 23.9. The van der Waals surface area contributed by atoms with E-state index in [0.29, 0.717) is 11.1 Å². The molecule has 0 spiro atoms. The molecule has 0 unspecified atom stereocenters. The van der Waals surface area contributed by atoms with Gasteiger partial charge in [-0.3, -0.25) is 0 Å². The van der Waals surface area contributed by atoms with Crippen LogP contribution in [0.1, 0.15) is 87.2 Å². The molecule has 0 amide bonds. The molecule has 0 radical (unpaired) electrons. The number of Topliss-reactive ketones (excluding diaryl/α,β-unsaturated/α-hetero) is 2. The molecule has 0 aliphatic carbocycles. The third-order valence-electron chi connectivity index (χ3n) is 3.92. The molecular weight excluding hydrogens is 352 g/mol. The zero-order valence-electron chi connectivity index (χ0n) is 16.6. The first kappa shape index (κ1) is 23.6. The van der Waals surface area contributed by atoms with Gasteiger partial charge >= 0.3 is 0 Å². The SMILES string of the molecule is CC(=O)c1c(C(C)(C)C)c(C(C)(C)C)c[c-]1C(C)=O.[Fe].[cH-]1[cH-][cH-][cH-][cH-]1. The number of carbonyl (C=O) groups is 2. The monoisotopic (exact) mass is 382 g/mol. The summed E-state index contributed by atoms with van der Waals surface area (Å²) in [5.41, 5.74) is 3.08. The van der Waals surface area contributed by atoms with Crippen LogP contribution in [0.15, 0.2) is 36.4 Å². The van der Waals surface area contributed by atoms with Gasteiger partial charge in [0.15, 0.2) is 0 Å². The zero-order chi connectivity index (χ0) is 18.7. The van der Waals surface area contributed by atoms with Crippen LogP contribution in [-0.4, -0.2) is 11.6 Å². The van der Waals surface area contributed by atoms with Crippen LogP contribution in [0.3, 0.4) is 0 Å². The molecule has 0 saturated carbocycles. The van der Waals surface area contributed by atoms with Gasteiger partial charge in [-0.15, -0.1) is 17.2 Å². The quantitative estimate of drug-likeness (QED) is 0.373. The number of ketones is 2. The van der Waals surface area contributed by atoms with Crippen LogP contribution in [0.4, 0.5) is 0 Å². The Balaban J connectivity index is 0.000000820. The molecule has 2 nitrogen and oxygen atoms in total. The van der Waals surface area contributed by atoms with Crippen LogP contribution in [0.25, 0.3) is 0 Å². The van der Waals surface area contributed by atoms with Crippen molar-refractivity contribution in [2.24, 2.45) is 0 Å². The fraction of sp³-hybridized carbons (Fsp3) is 0.455. The van der Waals surface area contributed by atoms with Gasteiger partial charge in [0.25, 0.3) is 0 Å². The molecule has 3 heteroatoms. The van der Waals surface area contributed by atoms with Gasteiger partial charge in [0.05, 0.1) is 5.78 Å². The van der Waals surface area contributed by atoms with E-state index in [1.54, 1.807) is 6.92 Å². The average molecular weight is 382 g/mol. The number of rotatable bonds is 2. The number of hydrogen-bond acceptors (Lipinski definition) is 2. The third-order valence-corrected chi connectivity index (χ3v) is 3.92. The fourth-order valence-corrected chi connectivity index (χ4v) is 2.89. The van der Waals surface area contributed by atoms with E-state index < -0.39 is 0 Å². The Morgan fingerprint density at radius 1 is 0.840 bits per heavy atom. The van der Waals surface area contributed by atoms with Gasteiger partial charge in [-0.1, -0.05) is 57.9 Å². The molecule has 0 aromatic heterocycles. The number of carbonyl (C=O) groups excluding carboxylic acids is 2. The molecule has 0 aliphatic rings. The molecule has 0 saturated heterocycles. The van der Waals surface area contributed by atoms with E-state index in [1.165, 1.54) is 6.92 Å². The Kier molecular flexibility index (Phi) is 8.27. The Labute approximate surface area is 163 Å². The molecule has 2 rings (SSSR count). The van der Waals surface area contributed by atoms with Gasteiger partial charge in [-0.25, -0.2) is 0 Å². The number of hydrogen-bond donors (Lipinski definition) is 0. The topological polar surface area (TPSA) is 34.1 Å². The van der Waals surface area contributed by atoms with Gasteiger partial charge in [-0.05, 0) is 13.8 Å². The second-order valence-corrected chi connectivity index (χ2v) is 8.30. The van der Waals surface area contributed by atoms with E-state index in [1.807, 2.05) is 36.4 Å². The van der Waals surface area contributed by atoms with E-state index in [9.17, 15) is 9.59 Å². The Hall–Kier alpha value is -1.44. The summed E-state index contributed by atoms with van der Waals surface area (Å²) in [5, 5.41) is 0. The summed E-state index contributed by atoms with van der Waals surface area (Å²) >= 11 is 0. The van der Waals surface area contributed by atoms with E-state index in [2.05, 4.69) is 41.5 Å². The van der Waals surface area contributed by atoms with Crippen molar-refractivity contribution in [1.82, 2.24) is 0 Å². The van der Waals surface area contributed by atoms with Crippen molar-refractivity contribution in [1.29, 1.82) is 0 Å². The van der Waals surface area contributed by atoms with Gasteiger partial charge < -0.3 is 39.9 Å². The molecule has 0 heterocycles. The first-order chi connectivity index (χ1) is 10.9. The summed E-state index contributed by atoms with van der Waals surface area (Å²) in [6.07, 6.45) is 0. The van der Waals surface area contributed by atoms with Crippen molar-refractivity contribution in [2.45, 2.75) is 66.2 Å². The Bertz CT molecular complexity index is 672. The first-order valence-electron chi connectivity index (χ1n) is 8.40. The van der Waals surface area contributed by atoms with Crippen molar-refractivity contribution >= 4 is 11.6 Å². The van der Waals surface area contributed by atoms with Crippen molar-refractivity contribution in [3.63, 3.8) is 0 Å². The normalized spacial score (nSPS) is 11.2. The van der Waals surface area contributed by atoms with Crippen molar-refractivity contribution in [3.05, 3.63) is 58.7 Å². The average Bonchev–Trinajstić information content (AvgIpc) is 3.08. The summed E-state index contributed by atoms with van der Waals surface area (Å²) in [6, 6.07) is 11.9. The molecule has 0 bridgehead atoms. The standard InChI is InChI=1S/C17H25O2.C5H5.Fe/c1-10(18)12-9-13(16(3,4)5)15(17(6,7)8)14(12)11(2)19;1-2-4-5-3-1;/h9H,1-8H3;1-5H;/q-1;-5;. The minimum Gasteiger partial charge on any atom is -0.748 e. The predicted molar refractivity (Wildman–Crippen MR) is 101 cm³/mol. The molecule has 25 heavy (non-hydrogen) atoms. The van der Waals surface area contributed by atoms with Gasteiger partial charge in [0.2, 0.25) is 0 Å². The van der Waals surface area contributed by atoms with E-state index in [4.69, 9.17) is 0 Å². The molecule has 0 atom stereocenters. The molecule has 0 N–H and O–H groups in total. The maximum Gasteiger partial charge on any atom is 0.119 e. The maximum atomic E-state index is 12.0. The minimum absolute atomic E-state index is 0. The van der Waals surface area contributed by atoms with Gasteiger partial charge in [0, 0.05) is 17.1 Å². The summed E-state index contributed by atoms with van der Waals surface area (Å²) in [6.45, 7) is 15.7. The van der Waals surface area contributed by atoms with Crippen LogP contribution >= 0.6 is 0 Å². The smallest absolute Gasteiger partial charge is 0.119 e. The molecule has 0 fully saturated rings. The van der Waals surface area contributed by atoms with E-state index >= 15 is 0 Å². The molecule has 2 aromatic rings. The fourth-order valence-electron chi connectivity index (χ4n) is 2.89. The third kappa shape index (κ3) is 6.09. The van der Waals surface area contributed by atoms with Crippen molar-refractivity contribution in [3.8, 4) is 0 Å². The summed E-state index contributed by atoms with van der Waals surface area (Å²) in [7, 11) is 0. The Morgan fingerprint density at radius 2 is 1.24 bits per heavy atom. The molecule has 0 aliphatic heterocycles. The largest absolute Gasteiger partial charge is 0.748 e. The molecular formula is C22H30FeO2-6. The first-order valence-corrected chi connectivity index (χ1v) is 8.40. The van der Waals surface area contributed by atoms with Crippen LogP contribution in [-0.2, 0) is 27.9 Å². The summed E-state index contributed by atoms with van der Waals surface area (Å²) in [5.74, 6) is -0.0585. The maximum absolute atomic E-state index is 12.0. The zero-order valence-corrected chi connectivity index (χ0v) is 17.7. The van der Waals surface area contributed by atoms with E-state index in [0.717, 1.165) is 11.1 Å². The van der Waals surface area contributed by atoms with Crippen LogP contribution in [0.2, 0.25) is 0 Å². The van der Waals surface area contributed by atoms with E-state index in [-0.39, 0.29) is 39.5 Å². The molecule has 144 valence electrons. The molecule has 2 aromatic carbocycles. The van der Waals surface area contributed by atoms with Crippen LogP contribution < -0.4 is 0 Å². The predicted octanol–water partition coefficient (Wildman–Crippen LogP) is 5.81. The summed E-state index contributed by atoms with van der Waals surface area (Å²) < 4.78 is 0. The van der Waals surface area contributed by atoms with Crippen LogP contribution in [0.5, 0.6) is 0 Å². The van der Waals surface area contributed by atoms with Gasteiger partial charge in [-0.2, -0.15) is 5.56 Å². The van der Waals surface area contributed by atoms with Gasteiger partial charge in [0.1, 0.15) is 5.78 Å².